The van der Waals surface area contributed by atoms with E-state index in [9.17, 15) is 4.79 Å². The molecular weight excluding hydrogens is 332 g/mol. The third-order valence-electron chi connectivity index (χ3n) is 2.79. The van der Waals surface area contributed by atoms with Gasteiger partial charge in [0.15, 0.2) is 0 Å². The minimum absolute atomic E-state index is 0.370. The van der Waals surface area contributed by atoms with E-state index in [2.05, 4.69) is 20.7 Å². The fraction of sp³-hybridized carbons (Fsp3) is 0.118. The molecule has 108 valence electrons. The normalized spacial score (nSPS) is 10.6. The minimum atomic E-state index is -0.370. The fourth-order valence-corrected chi connectivity index (χ4v) is 2.15. The number of hydrogen-bond donors (Lipinski definition) is 0. The highest BCUT2D eigenvalue weighted by molar-refractivity contribution is 9.10. The standard InChI is InChI=1S/C17H15BrO3/c1-20-17(19)10-7-13-5-8-16(9-6-13)21-12-14-3-2-4-15(18)11-14/h2-11H,12H2,1H3/b10-7+. The highest BCUT2D eigenvalue weighted by Gasteiger charge is 1.98. The molecule has 0 fully saturated rings. The van der Waals surface area contributed by atoms with Crippen LogP contribution in [0.15, 0.2) is 59.1 Å². The molecule has 0 radical (unpaired) electrons. The summed E-state index contributed by atoms with van der Waals surface area (Å²) < 4.78 is 11.3. The molecule has 0 atom stereocenters. The molecule has 0 aliphatic rings. The summed E-state index contributed by atoms with van der Waals surface area (Å²) in [7, 11) is 1.35. The molecule has 0 aromatic heterocycles. The predicted molar refractivity (Wildman–Crippen MR) is 86.0 cm³/mol. The topological polar surface area (TPSA) is 35.5 Å². The summed E-state index contributed by atoms with van der Waals surface area (Å²) in [5, 5.41) is 0. The lowest BCUT2D eigenvalue weighted by molar-refractivity contribution is -0.134. The van der Waals surface area contributed by atoms with E-state index in [0.717, 1.165) is 21.3 Å². The number of benzene rings is 2. The van der Waals surface area contributed by atoms with E-state index in [4.69, 9.17) is 4.74 Å². The van der Waals surface area contributed by atoms with Gasteiger partial charge in [-0.15, -0.1) is 0 Å². The molecule has 0 saturated heterocycles. The van der Waals surface area contributed by atoms with Crippen molar-refractivity contribution < 1.29 is 14.3 Å². The lowest BCUT2D eigenvalue weighted by Gasteiger charge is -2.07. The lowest BCUT2D eigenvalue weighted by atomic mass is 10.2. The van der Waals surface area contributed by atoms with Crippen LogP contribution in [0.25, 0.3) is 6.08 Å². The van der Waals surface area contributed by atoms with Crippen molar-refractivity contribution in [2.75, 3.05) is 7.11 Å². The van der Waals surface area contributed by atoms with Crippen LogP contribution in [0.1, 0.15) is 11.1 Å². The van der Waals surface area contributed by atoms with Crippen LogP contribution in [0.3, 0.4) is 0 Å². The van der Waals surface area contributed by atoms with Gasteiger partial charge in [0, 0.05) is 10.5 Å². The van der Waals surface area contributed by atoms with Gasteiger partial charge in [-0.05, 0) is 41.5 Å². The van der Waals surface area contributed by atoms with Crippen LogP contribution >= 0.6 is 15.9 Å². The molecule has 0 aliphatic carbocycles. The van der Waals surface area contributed by atoms with Gasteiger partial charge in [-0.1, -0.05) is 40.2 Å². The number of ether oxygens (including phenoxy) is 2. The van der Waals surface area contributed by atoms with E-state index in [0.29, 0.717) is 6.61 Å². The number of carbonyl (C=O) groups is 1. The van der Waals surface area contributed by atoms with E-state index in [1.165, 1.54) is 13.2 Å². The maximum absolute atomic E-state index is 11.0. The van der Waals surface area contributed by atoms with Gasteiger partial charge in [0.05, 0.1) is 7.11 Å². The third-order valence-corrected chi connectivity index (χ3v) is 3.28. The molecular formula is C17H15BrO3. The zero-order valence-electron chi connectivity index (χ0n) is 11.6. The van der Waals surface area contributed by atoms with Crippen LogP contribution in [0.2, 0.25) is 0 Å². The Morgan fingerprint density at radius 3 is 2.62 bits per heavy atom. The average molecular weight is 347 g/mol. The number of esters is 1. The smallest absolute Gasteiger partial charge is 0.330 e. The van der Waals surface area contributed by atoms with Gasteiger partial charge in [0.1, 0.15) is 12.4 Å². The van der Waals surface area contributed by atoms with Gasteiger partial charge < -0.3 is 9.47 Å². The molecule has 2 aromatic carbocycles. The number of carbonyl (C=O) groups excluding carboxylic acids is 1. The largest absolute Gasteiger partial charge is 0.489 e. The van der Waals surface area contributed by atoms with Gasteiger partial charge in [-0.25, -0.2) is 4.79 Å². The SMILES string of the molecule is COC(=O)/C=C/c1ccc(OCc2cccc(Br)c2)cc1. The van der Waals surface area contributed by atoms with E-state index in [1.807, 2.05) is 48.5 Å². The molecule has 0 amide bonds. The first-order valence-corrected chi connectivity index (χ1v) is 7.20. The van der Waals surface area contributed by atoms with Gasteiger partial charge in [-0.3, -0.25) is 0 Å². The number of methoxy groups -OCH3 is 1. The Kier molecular flexibility index (Phi) is 5.58. The van der Waals surface area contributed by atoms with Crippen LogP contribution in [0.5, 0.6) is 5.75 Å². The van der Waals surface area contributed by atoms with Crippen molar-refractivity contribution in [2.45, 2.75) is 6.61 Å². The van der Waals surface area contributed by atoms with Crippen LogP contribution in [-0.2, 0) is 16.1 Å². The zero-order valence-corrected chi connectivity index (χ0v) is 13.2. The second-order valence-corrected chi connectivity index (χ2v) is 5.26. The average Bonchev–Trinajstić information content (AvgIpc) is 2.51. The van der Waals surface area contributed by atoms with Gasteiger partial charge in [-0.2, -0.15) is 0 Å². The first-order chi connectivity index (χ1) is 10.2. The summed E-state index contributed by atoms with van der Waals surface area (Å²) >= 11 is 3.43. The Morgan fingerprint density at radius 2 is 1.95 bits per heavy atom. The molecule has 3 nitrogen and oxygen atoms in total. The first-order valence-electron chi connectivity index (χ1n) is 6.41. The van der Waals surface area contributed by atoms with E-state index >= 15 is 0 Å². The van der Waals surface area contributed by atoms with Crippen molar-refractivity contribution in [3.63, 3.8) is 0 Å². The van der Waals surface area contributed by atoms with Crippen LogP contribution in [-0.4, -0.2) is 13.1 Å². The van der Waals surface area contributed by atoms with Crippen molar-refractivity contribution >= 4 is 28.0 Å². The van der Waals surface area contributed by atoms with E-state index in [-0.39, 0.29) is 5.97 Å². The van der Waals surface area contributed by atoms with Crippen molar-refractivity contribution in [2.24, 2.45) is 0 Å². The third kappa shape index (κ3) is 5.08. The van der Waals surface area contributed by atoms with Crippen LogP contribution in [0, 0.1) is 0 Å². The molecule has 0 spiro atoms. The molecule has 0 unspecified atom stereocenters. The molecule has 4 heteroatoms. The maximum Gasteiger partial charge on any atom is 0.330 e. The Bertz CT molecular complexity index is 633. The Balaban J connectivity index is 1.93. The molecule has 0 N–H and O–H groups in total. The van der Waals surface area contributed by atoms with Crippen molar-refractivity contribution in [1.82, 2.24) is 0 Å². The fourth-order valence-electron chi connectivity index (χ4n) is 1.70. The molecule has 21 heavy (non-hydrogen) atoms. The van der Waals surface area contributed by atoms with Gasteiger partial charge in [0.25, 0.3) is 0 Å². The van der Waals surface area contributed by atoms with Crippen LogP contribution < -0.4 is 4.74 Å². The molecule has 0 bridgehead atoms. The monoisotopic (exact) mass is 346 g/mol. The Labute approximate surface area is 132 Å². The summed E-state index contributed by atoms with van der Waals surface area (Å²) in [6, 6.07) is 15.5. The minimum Gasteiger partial charge on any atom is -0.489 e. The van der Waals surface area contributed by atoms with Crippen molar-refractivity contribution in [1.29, 1.82) is 0 Å². The zero-order chi connectivity index (χ0) is 15.1. The van der Waals surface area contributed by atoms with Gasteiger partial charge in [0.2, 0.25) is 0 Å². The summed E-state index contributed by atoms with van der Waals surface area (Å²) in [5.41, 5.74) is 2.01. The van der Waals surface area contributed by atoms with Crippen molar-refractivity contribution in [3.8, 4) is 5.75 Å². The second-order valence-electron chi connectivity index (χ2n) is 4.34. The van der Waals surface area contributed by atoms with Gasteiger partial charge >= 0.3 is 5.97 Å². The maximum atomic E-state index is 11.0. The second kappa shape index (κ2) is 7.64. The van der Waals surface area contributed by atoms with Crippen LogP contribution in [0.4, 0.5) is 0 Å². The Hall–Kier alpha value is -2.07. The van der Waals surface area contributed by atoms with E-state index in [1.54, 1.807) is 6.08 Å². The summed E-state index contributed by atoms with van der Waals surface area (Å²) in [5.74, 6) is 0.412. The molecule has 2 rings (SSSR count). The molecule has 0 saturated carbocycles. The highest BCUT2D eigenvalue weighted by atomic mass is 79.9. The Morgan fingerprint density at radius 1 is 1.19 bits per heavy atom. The first kappa shape index (κ1) is 15.3. The quantitative estimate of drug-likeness (QED) is 0.600. The number of halogens is 1. The summed E-state index contributed by atoms with van der Waals surface area (Å²) in [6.07, 6.45) is 3.08. The van der Waals surface area contributed by atoms with Crippen molar-refractivity contribution in [3.05, 3.63) is 70.2 Å². The highest BCUT2D eigenvalue weighted by Crippen LogP contribution is 2.17. The molecule has 2 aromatic rings. The molecule has 0 heterocycles. The predicted octanol–water partition coefficient (Wildman–Crippen LogP) is 4.21. The lowest BCUT2D eigenvalue weighted by Crippen LogP contribution is -1.95. The number of rotatable bonds is 5. The molecule has 0 aliphatic heterocycles. The van der Waals surface area contributed by atoms with E-state index < -0.39 is 0 Å². The summed E-state index contributed by atoms with van der Waals surface area (Å²) in [4.78, 5) is 11.0. The summed E-state index contributed by atoms with van der Waals surface area (Å²) in [6.45, 7) is 0.511. The number of hydrogen-bond acceptors (Lipinski definition) is 3.